The summed E-state index contributed by atoms with van der Waals surface area (Å²) in [5.41, 5.74) is 7.20. The van der Waals surface area contributed by atoms with Crippen LogP contribution < -0.4 is 5.73 Å². The lowest BCUT2D eigenvalue weighted by Crippen LogP contribution is -2.48. The highest BCUT2D eigenvalue weighted by molar-refractivity contribution is 7.19. The van der Waals surface area contributed by atoms with Crippen LogP contribution in [-0.2, 0) is 11.2 Å². The molecular formula is C33H31F3N2O3S. The largest absolute Gasteiger partial charge is 0.417 e. The topological polar surface area (TPSA) is 93.3 Å². The lowest BCUT2D eigenvalue weighted by molar-refractivity contribution is -0.271. The van der Waals surface area contributed by atoms with Gasteiger partial charge >= 0.3 is 6.18 Å². The van der Waals surface area contributed by atoms with Crippen molar-refractivity contribution in [1.29, 1.82) is 0 Å². The molecule has 42 heavy (non-hydrogen) atoms. The number of pyridine rings is 1. The molecular weight excluding hydrogens is 561 g/mol. The van der Waals surface area contributed by atoms with Crippen LogP contribution in [0, 0.1) is 12.8 Å². The van der Waals surface area contributed by atoms with E-state index in [2.05, 4.69) is 23.2 Å². The smallest absolute Gasteiger partial charge is 0.384 e. The van der Waals surface area contributed by atoms with Gasteiger partial charge in [-0.1, -0.05) is 24.3 Å². The van der Waals surface area contributed by atoms with E-state index in [9.17, 15) is 27.9 Å². The SMILES string of the molecule is Cc1cc(-c2ccc(C(=O)C3CCC(O)(C(F)(F)F)CC3)cc2)cc2cc(CCC(=O)/C=C/c3ccc(N)nc3)sc12. The van der Waals surface area contributed by atoms with Crippen molar-refractivity contribution in [2.24, 2.45) is 5.92 Å². The minimum Gasteiger partial charge on any atom is -0.384 e. The number of carbonyl (C=O) groups is 2. The lowest BCUT2D eigenvalue weighted by Gasteiger charge is -2.36. The molecule has 9 heteroatoms. The monoisotopic (exact) mass is 592 g/mol. The van der Waals surface area contributed by atoms with Crippen molar-refractivity contribution in [3.63, 3.8) is 0 Å². The molecule has 218 valence electrons. The van der Waals surface area contributed by atoms with Gasteiger partial charge in [-0.2, -0.15) is 13.2 Å². The number of rotatable bonds is 8. The molecule has 0 spiro atoms. The number of Topliss-reactive ketones (excluding diaryl/α,β-unsaturated/α-hetero) is 1. The first-order valence-electron chi connectivity index (χ1n) is 13.8. The third-order valence-corrected chi connectivity index (χ3v) is 9.30. The molecule has 5 rings (SSSR count). The van der Waals surface area contributed by atoms with Gasteiger partial charge in [-0.25, -0.2) is 4.98 Å². The van der Waals surface area contributed by atoms with Gasteiger partial charge < -0.3 is 10.8 Å². The number of hydrogen-bond donors (Lipinski definition) is 2. The highest BCUT2D eigenvalue weighted by Crippen LogP contribution is 2.44. The van der Waals surface area contributed by atoms with Crippen LogP contribution in [0.4, 0.5) is 19.0 Å². The number of halogens is 3. The van der Waals surface area contributed by atoms with Gasteiger partial charge in [0, 0.05) is 33.7 Å². The summed E-state index contributed by atoms with van der Waals surface area (Å²) in [6.07, 6.45) is 0.361. The van der Waals surface area contributed by atoms with E-state index in [1.54, 1.807) is 47.9 Å². The summed E-state index contributed by atoms with van der Waals surface area (Å²) in [6.45, 7) is 2.05. The number of aromatic nitrogens is 1. The van der Waals surface area contributed by atoms with E-state index in [0.29, 0.717) is 24.2 Å². The van der Waals surface area contributed by atoms with Crippen molar-refractivity contribution in [3.05, 3.63) is 88.4 Å². The third kappa shape index (κ3) is 6.47. The van der Waals surface area contributed by atoms with Crippen LogP contribution in [0.5, 0.6) is 0 Å². The molecule has 0 unspecified atom stereocenters. The van der Waals surface area contributed by atoms with Crippen molar-refractivity contribution >= 4 is 44.9 Å². The van der Waals surface area contributed by atoms with Gasteiger partial charge in [-0.3, -0.25) is 9.59 Å². The number of allylic oxidation sites excluding steroid dienone is 1. The molecule has 0 atom stereocenters. The van der Waals surface area contributed by atoms with Crippen molar-refractivity contribution in [3.8, 4) is 11.1 Å². The van der Waals surface area contributed by atoms with E-state index in [4.69, 9.17) is 5.73 Å². The number of anilines is 1. The van der Waals surface area contributed by atoms with Crippen molar-refractivity contribution < 1.29 is 27.9 Å². The second-order valence-corrected chi connectivity index (χ2v) is 12.1. The molecule has 1 fully saturated rings. The predicted octanol–water partition coefficient (Wildman–Crippen LogP) is 7.74. The second-order valence-electron chi connectivity index (χ2n) is 11.0. The van der Waals surface area contributed by atoms with Crippen molar-refractivity contribution in [1.82, 2.24) is 4.98 Å². The molecule has 0 bridgehead atoms. The zero-order chi connectivity index (χ0) is 30.1. The highest BCUT2D eigenvalue weighted by Gasteiger charge is 2.55. The first-order valence-corrected chi connectivity index (χ1v) is 14.6. The van der Waals surface area contributed by atoms with Crippen LogP contribution in [0.3, 0.4) is 0 Å². The standard InChI is InChI=1S/C33H31F3N2O3S/c1-20-16-25(22-4-6-23(7-5-22)30(40)24-12-14-32(41,15-13-24)33(34,35)36)17-26-18-28(42-31(20)26)10-9-27(39)8-2-21-3-11-29(37)38-19-21/h2-8,11,16-19,24,41H,9-10,12-15H2,1H3,(H2,37,38)/b8-2+. The molecule has 4 aromatic rings. The lowest BCUT2D eigenvalue weighted by atomic mass is 9.75. The fourth-order valence-corrected chi connectivity index (χ4v) is 6.52. The Balaban J connectivity index is 1.23. The molecule has 1 saturated carbocycles. The quantitative estimate of drug-likeness (QED) is 0.161. The average molecular weight is 593 g/mol. The van der Waals surface area contributed by atoms with Gasteiger partial charge in [0.15, 0.2) is 17.2 Å². The van der Waals surface area contributed by atoms with Crippen LogP contribution in [0.2, 0.25) is 0 Å². The molecule has 0 aliphatic heterocycles. The van der Waals surface area contributed by atoms with Gasteiger partial charge in [-0.05, 0) is 109 Å². The third-order valence-electron chi connectivity index (χ3n) is 7.96. The predicted molar refractivity (Wildman–Crippen MR) is 160 cm³/mol. The molecule has 2 aromatic carbocycles. The summed E-state index contributed by atoms with van der Waals surface area (Å²) in [6, 6.07) is 17.0. The fourth-order valence-electron chi connectivity index (χ4n) is 5.41. The number of thiophene rings is 1. The van der Waals surface area contributed by atoms with E-state index in [0.717, 1.165) is 37.2 Å². The van der Waals surface area contributed by atoms with Crippen LogP contribution in [0.1, 0.15) is 58.5 Å². The number of aryl methyl sites for hydroxylation is 2. The number of fused-ring (bicyclic) bond motifs is 1. The number of aliphatic hydroxyl groups is 1. The molecule has 3 N–H and O–H groups in total. The summed E-state index contributed by atoms with van der Waals surface area (Å²) >= 11 is 1.68. The Morgan fingerprint density at radius 1 is 1.07 bits per heavy atom. The minimum atomic E-state index is -4.68. The number of benzene rings is 2. The summed E-state index contributed by atoms with van der Waals surface area (Å²) in [5.74, 6) is -0.257. The fraction of sp³-hybridized carbons (Fsp3) is 0.303. The molecule has 1 aliphatic carbocycles. The Bertz CT molecular complexity index is 1630. The zero-order valence-electron chi connectivity index (χ0n) is 23.1. The first-order chi connectivity index (χ1) is 19.9. The first kappa shape index (κ1) is 29.7. The summed E-state index contributed by atoms with van der Waals surface area (Å²) < 4.78 is 40.5. The number of alkyl halides is 3. The Labute approximate surface area is 245 Å². The van der Waals surface area contributed by atoms with Crippen molar-refractivity contribution in [2.45, 2.75) is 57.2 Å². The Hall–Kier alpha value is -3.82. The maximum atomic E-state index is 13.1. The molecule has 1 aliphatic rings. The van der Waals surface area contributed by atoms with Gasteiger partial charge in [-0.15, -0.1) is 11.3 Å². The van der Waals surface area contributed by atoms with E-state index < -0.39 is 30.5 Å². The van der Waals surface area contributed by atoms with Crippen LogP contribution in [0.15, 0.2) is 66.9 Å². The van der Waals surface area contributed by atoms with Crippen LogP contribution in [-0.4, -0.2) is 33.4 Å². The molecule has 2 aromatic heterocycles. The van der Waals surface area contributed by atoms with Gasteiger partial charge in [0.05, 0.1) is 0 Å². The number of ketones is 2. The average Bonchev–Trinajstić information content (AvgIpc) is 3.39. The van der Waals surface area contributed by atoms with E-state index in [-0.39, 0.29) is 24.4 Å². The molecule has 0 saturated heterocycles. The molecule has 0 amide bonds. The Morgan fingerprint density at radius 2 is 1.79 bits per heavy atom. The van der Waals surface area contributed by atoms with Crippen LogP contribution in [0.25, 0.3) is 27.3 Å². The Morgan fingerprint density at radius 3 is 2.43 bits per heavy atom. The number of nitrogens with two attached hydrogens (primary N) is 1. The molecule has 2 heterocycles. The number of carbonyl (C=O) groups excluding carboxylic acids is 2. The normalized spacial score (nSPS) is 19.4. The molecule has 0 radical (unpaired) electrons. The summed E-state index contributed by atoms with van der Waals surface area (Å²) in [4.78, 5) is 30.5. The van der Waals surface area contributed by atoms with Gasteiger partial charge in [0.25, 0.3) is 0 Å². The maximum Gasteiger partial charge on any atom is 0.417 e. The van der Waals surface area contributed by atoms with Gasteiger partial charge in [0.1, 0.15) is 5.82 Å². The number of hydrogen-bond acceptors (Lipinski definition) is 6. The van der Waals surface area contributed by atoms with Gasteiger partial charge in [0.2, 0.25) is 0 Å². The van der Waals surface area contributed by atoms with E-state index in [1.807, 2.05) is 25.1 Å². The van der Waals surface area contributed by atoms with Crippen molar-refractivity contribution in [2.75, 3.05) is 5.73 Å². The van der Waals surface area contributed by atoms with Crippen LogP contribution >= 0.6 is 11.3 Å². The maximum absolute atomic E-state index is 13.1. The number of nitrogens with zero attached hydrogens (tertiary/aromatic N) is 1. The summed E-state index contributed by atoms with van der Waals surface area (Å²) in [5, 5.41) is 11.0. The second kappa shape index (κ2) is 11.8. The zero-order valence-corrected chi connectivity index (χ0v) is 23.9. The van der Waals surface area contributed by atoms with E-state index >= 15 is 0 Å². The van der Waals surface area contributed by atoms with E-state index in [1.165, 1.54) is 0 Å². The minimum absolute atomic E-state index is 0.00882. The molecule has 5 nitrogen and oxygen atoms in total. The summed E-state index contributed by atoms with van der Waals surface area (Å²) in [7, 11) is 0. The number of nitrogen functional groups attached to an aromatic ring is 1. The highest BCUT2D eigenvalue weighted by atomic mass is 32.1. The Kier molecular flexibility index (Phi) is 8.35.